The van der Waals surface area contributed by atoms with Crippen LogP contribution in [0, 0.1) is 5.82 Å². The van der Waals surface area contributed by atoms with Gasteiger partial charge in [-0.25, -0.2) is 14.2 Å². The Kier molecular flexibility index (Phi) is 6.80. The summed E-state index contributed by atoms with van der Waals surface area (Å²) in [6.45, 7) is 12.0. The quantitative estimate of drug-likeness (QED) is 0.256. The Morgan fingerprint density at radius 1 is 1.34 bits per heavy atom. The van der Waals surface area contributed by atoms with Gasteiger partial charge in [0, 0.05) is 6.54 Å². The lowest BCUT2D eigenvalue weighted by molar-refractivity contribution is 0.199. The highest BCUT2D eigenvalue weighted by Gasteiger charge is 2.60. The third-order valence-corrected chi connectivity index (χ3v) is 18.0. The summed E-state index contributed by atoms with van der Waals surface area (Å²) in [7, 11) is -5.31. The SMILES string of the molecule is CC[Si](CC)(CC)c1cc(Br)nc([C@@]2(C)N=C(NC(=O)O)C(C)(C)[SH]3(=O)NCC[C@@H]23)c1F. The molecule has 3 rings (SSSR count). The highest BCUT2D eigenvalue weighted by atomic mass is 79.9. The fourth-order valence-electron chi connectivity index (χ4n) is 5.52. The molecule has 1 amide bonds. The summed E-state index contributed by atoms with van der Waals surface area (Å²) in [5.41, 5.74) is -1.13. The van der Waals surface area contributed by atoms with E-state index in [1.807, 2.05) is 0 Å². The van der Waals surface area contributed by atoms with Crippen LogP contribution in [0.15, 0.2) is 15.7 Å². The summed E-state index contributed by atoms with van der Waals surface area (Å²) in [6.07, 6.45) is -0.747. The molecule has 1 aromatic rings. The Morgan fingerprint density at radius 2 is 1.94 bits per heavy atom. The number of amidine groups is 1. The first-order chi connectivity index (χ1) is 14.8. The average Bonchev–Trinajstić information content (AvgIpc) is 3.14. The summed E-state index contributed by atoms with van der Waals surface area (Å²) in [5, 5.41) is 12.0. The maximum Gasteiger partial charge on any atom is 0.410 e. The molecule has 1 aromatic heterocycles. The molecule has 0 bridgehead atoms. The van der Waals surface area contributed by atoms with Crippen molar-refractivity contribution >= 4 is 51.2 Å². The van der Waals surface area contributed by atoms with Crippen molar-refractivity contribution in [3.8, 4) is 0 Å². The van der Waals surface area contributed by atoms with Crippen molar-refractivity contribution in [1.82, 2.24) is 15.0 Å². The molecule has 180 valence electrons. The number of pyridine rings is 1. The smallest absolute Gasteiger partial charge is 0.410 e. The number of nitrogens with one attached hydrogen (secondary N) is 2. The molecule has 0 aromatic carbocycles. The van der Waals surface area contributed by atoms with Gasteiger partial charge in [-0.3, -0.25) is 19.2 Å². The van der Waals surface area contributed by atoms with Crippen molar-refractivity contribution in [3.05, 3.63) is 22.2 Å². The van der Waals surface area contributed by atoms with Crippen molar-refractivity contribution in [3.63, 3.8) is 0 Å². The summed E-state index contributed by atoms with van der Waals surface area (Å²) in [6, 6.07) is 4.49. The minimum absolute atomic E-state index is 0.0780. The standard InChI is InChI=1S/C21H34BrFN4O3SSi/c1-7-32(8-2,9-3)13-12-15(22)25-17(16(13)23)21(6)14-10-11-24-31(14,30)20(4,5)18(27-21)26-19(28)29/h12,14,31H,7-11H2,1-6H3,(H,24,30)(H,26,27)(H,28,29)/t14-,21-/m0/s1. The van der Waals surface area contributed by atoms with E-state index in [0.29, 0.717) is 22.8 Å². The summed E-state index contributed by atoms with van der Waals surface area (Å²) in [4.78, 5) is 20.8. The minimum Gasteiger partial charge on any atom is -0.465 e. The number of hydrogen-bond donors (Lipinski definition) is 4. The van der Waals surface area contributed by atoms with Gasteiger partial charge in [0.2, 0.25) is 0 Å². The van der Waals surface area contributed by atoms with Gasteiger partial charge < -0.3 is 5.11 Å². The first kappa shape index (κ1) is 25.4. The van der Waals surface area contributed by atoms with E-state index in [9.17, 15) is 14.1 Å². The maximum absolute atomic E-state index is 16.3. The first-order valence-corrected chi connectivity index (χ1v) is 16.3. The molecule has 11 heteroatoms. The normalized spacial score (nSPS) is 27.4. The summed E-state index contributed by atoms with van der Waals surface area (Å²) in [5.74, 6) is -0.307. The van der Waals surface area contributed by atoms with E-state index in [0.717, 1.165) is 18.1 Å². The number of aliphatic imine (C=N–C) groups is 1. The van der Waals surface area contributed by atoms with Crippen LogP contribution < -0.4 is 15.2 Å². The van der Waals surface area contributed by atoms with Crippen LogP contribution in [-0.2, 0) is 15.7 Å². The van der Waals surface area contributed by atoms with Gasteiger partial charge in [-0.2, -0.15) is 0 Å². The Morgan fingerprint density at radius 3 is 2.47 bits per heavy atom. The number of carbonyl (C=O) groups is 1. The molecular formula is C21H34BrFN4O3SSi. The van der Waals surface area contributed by atoms with Crippen LogP contribution in [0.2, 0.25) is 18.1 Å². The Bertz CT molecular complexity index is 1010. The number of amides is 1. The molecule has 3 heterocycles. The fourth-order valence-corrected chi connectivity index (χ4v) is 13.5. The van der Waals surface area contributed by atoms with E-state index in [2.05, 4.69) is 51.7 Å². The molecule has 1 fully saturated rings. The third-order valence-electron chi connectivity index (χ3n) is 7.84. The molecule has 0 unspecified atom stereocenters. The number of halogens is 2. The van der Waals surface area contributed by atoms with Crippen molar-refractivity contribution in [2.45, 2.75) is 81.6 Å². The molecule has 0 spiro atoms. The molecule has 7 nitrogen and oxygen atoms in total. The highest BCUT2D eigenvalue weighted by Crippen LogP contribution is 2.49. The van der Waals surface area contributed by atoms with Crippen LogP contribution in [0.1, 0.15) is 53.7 Å². The van der Waals surface area contributed by atoms with Gasteiger partial charge in [0.05, 0.1) is 18.1 Å². The lowest BCUT2D eigenvalue weighted by Gasteiger charge is -2.50. The number of rotatable bonds is 5. The van der Waals surface area contributed by atoms with Gasteiger partial charge in [0.15, 0.2) is 0 Å². The van der Waals surface area contributed by atoms with E-state index >= 15 is 4.39 Å². The minimum atomic E-state index is -3.21. The molecular weight excluding hydrogens is 515 g/mol. The largest absolute Gasteiger partial charge is 0.465 e. The molecule has 2 aliphatic rings. The van der Waals surface area contributed by atoms with Gasteiger partial charge in [0.25, 0.3) is 0 Å². The van der Waals surface area contributed by atoms with E-state index in [4.69, 9.17) is 4.99 Å². The monoisotopic (exact) mass is 548 g/mol. The molecule has 0 radical (unpaired) electrons. The molecule has 2 atom stereocenters. The van der Waals surface area contributed by atoms with Gasteiger partial charge in [0.1, 0.15) is 27.5 Å². The fraction of sp³-hybridized carbons (Fsp3) is 0.667. The Balaban J connectivity index is 2.35. The number of thiol groups is 1. The lowest BCUT2D eigenvalue weighted by atomic mass is 9.90. The average molecular weight is 550 g/mol. The third kappa shape index (κ3) is 3.59. The van der Waals surface area contributed by atoms with E-state index in [1.165, 1.54) is 0 Å². The van der Waals surface area contributed by atoms with E-state index < -0.39 is 39.8 Å². The predicted octanol–water partition coefficient (Wildman–Crippen LogP) is 3.67. The van der Waals surface area contributed by atoms with Crippen LogP contribution in [0.25, 0.3) is 0 Å². The summed E-state index contributed by atoms with van der Waals surface area (Å²) < 4.78 is 33.3. The van der Waals surface area contributed by atoms with Crippen LogP contribution in [0.3, 0.4) is 0 Å². The maximum atomic E-state index is 16.3. The second-order valence-corrected chi connectivity index (χ2v) is 18.9. The second kappa shape index (κ2) is 8.55. The lowest BCUT2D eigenvalue weighted by Crippen LogP contribution is -2.66. The number of carboxylic acid groups (broad SMARTS) is 1. The van der Waals surface area contributed by atoms with Crippen LogP contribution in [0.5, 0.6) is 0 Å². The van der Waals surface area contributed by atoms with Crippen LogP contribution in [-0.4, -0.2) is 50.8 Å². The topological polar surface area (TPSA) is 104 Å². The van der Waals surface area contributed by atoms with Crippen molar-refractivity contribution in [2.75, 3.05) is 6.54 Å². The molecule has 32 heavy (non-hydrogen) atoms. The van der Waals surface area contributed by atoms with E-state index in [1.54, 1.807) is 26.8 Å². The predicted molar refractivity (Wildman–Crippen MR) is 135 cm³/mol. The van der Waals surface area contributed by atoms with Crippen molar-refractivity contribution < 1.29 is 18.5 Å². The van der Waals surface area contributed by atoms with Gasteiger partial charge in [-0.1, -0.05) is 38.9 Å². The Labute approximate surface area is 199 Å². The van der Waals surface area contributed by atoms with Crippen LogP contribution in [0.4, 0.5) is 9.18 Å². The van der Waals surface area contributed by atoms with Crippen molar-refractivity contribution in [2.24, 2.45) is 4.99 Å². The van der Waals surface area contributed by atoms with Crippen molar-refractivity contribution in [1.29, 1.82) is 0 Å². The molecule has 3 N–H and O–H groups in total. The van der Waals surface area contributed by atoms with Gasteiger partial charge >= 0.3 is 6.09 Å². The number of fused-ring (bicyclic) bond motifs is 1. The molecule has 0 aliphatic carbocycles. The number of nitrogens with zero attached hydrogens (tertiary/aromatic N) is 2. The molecule has 2 aliphatic heterocycles. The summed E-state index contributed by atoms with van der Waals surface area (Å²) >= 11 is 3.48. The highest BCUT2D eigenvalue weighted by molar-refractivity contribution is 9.10. The first-order valence-electron chi connectivity index (χ1n) is 11.1. The zero-order valence-electron chi connectivity index (χ0n) is 19.6. The zero-order chi connectivity index (χ0) is 24.1. The molecule has 1 saturated heterocycles. The Hall–Kier alpha value is -1.17. The van der Waals surface area contributed by atoms with Gasteiger partial charge in [-0.15, -0.1) is 0 Å². The van der Waals surface area contributed by atoms with E-state index in [-0.39, 0.29) is 17.3 Å². The number of hydrogen-bond acceptors (Lipinski definition) is 4. The number of aromatic nitrogens is 1. The second-order valence-electron chi connectivity index (χ2n) is 9.46. The molecule has 0 saturated carbocycles. The van der Waals surface area contributed by atoms with Crippen LogP contribution >= 0.6 is 15.9 Å². The zero-order valence-corrected chi connectivity index (χ0v) is 23.0. The van der Waals surface area contributed by atoms with Gasteiger partial charge in [-0.05, 0) is 64.5 Å².